The van der Waals surface area contributed by atoms with Gasteiger partial charge in [0, 0.05) is 30.4 Å². The molecule has 1 fully saturated rings. The summed E-state index contributed by atoms with van der Waals surface area (Å²) < 4.78 is 0. The average molecular weight is 263 g/mol. The smallest absolute Gasteiger partial charge is 0.224 e. The summed E-state index contributed by atoms with van der Waals surface area (Å²) in [6.45, 7) is 5.83. The van der Waals surface area contributed by atoms with Crippen LogP contribution >= 0.6 is 0 Å². The summed E-state index contributed by atoms with van der Waals surface area (Å²) in [6.07, 6.45) is 3.85. The van der Waals surface area contributed by atoms with Gasteiger partial charge in [-0.25, -0.2) is 4.98 Å². The molecule has 1 aliphatic carbocycles. The van der Waals surface area contributed by atoms with Gasteiger partial charge in [-0.05, 0) is 47.2 Å². The molecule has 2 rings (SSSR count). The minimum absolute atomic E-state index is 0.303. The van der Waals surface area contributed by atoms with Gasteiger partial charge < -0.3 is 15.5 Å². The molecule has 1 heterocycles. The van der Waals surface area contributed by atoms with Crippen molar-refractivity contribution in [3.63, 3.8) is 0 Å². The fourth-order valence-electron chi connectivity index (χ4n) is 2.52. The maximum atomic E-state index is 4.49. The van der Waals surface area contributed by atoms with Crippen LogP contribution in [0.25, 0.3) is 0 Å². The lowest BCUT2D eigenvalue weighted by Crippen LogP contribution is -2.54. The predicted octanol–water partition coefficient (Wildman–Crippen LogP) is 2.11. The number of nitrogens with one attached hydrogen (secondary N) is 2. The molecule has 19 heavy (non-hydrogen) atoms. The van der Waals surface area contributed by atoms with Crippen molar-refractivity contribution in [3.05, 3.63) is 11.8 Å². The molecule has 1 saturated carbocycles. The Labute approximate surface area is 115 Å². The van der Waals surface area contributed by atoms with E-state index in [1.165, 1.54) is 19.3 Å². The quantitative estimate of drug-likeness (QED) is 0.823. The minimum atomic E-state index is 0.303. The average Bonchev–Trinajstić information content (AvgIpc) is 2.26. The van der Waals surface area contributed by atoms with Crippen molar-refractivity contribution in [2.24, 2.45) is 0 Å². The molecule has 5 heteroatoms. The van der Waals surface area contributed by atoms with Crippen molar-refractivity contribution < 1.29 is 0 Å². The summed E-state index contributed by atoms with van der Waals surface area (Å²) in [6, 6.07) is 2.00. The Morgan fingerprint density at radius 3 is 2.53 bits per heavy atom. The Morgan fingerprint density at radius 1 is 1.26 bits per heavy atom. The molecule has 0 atom stereocenters. The summed E-state index contributed by atoms with van der Waals surface area (Å²) >= 11 is 0. The van der Waals surface area contributed by atoms with Gasteiger partial charge in [0.15, 0.2) is 0 Å². The molecule has 0 saturated heterocycles. The van der Waals surface area contributed by atoms with Gasteiger partial charge in [0.2, 0.25) is 5.95 Å². The number of nitrogens with zero attached hydrogens (tertiary/aromatic N) is 3. The van der Waals surface area contributed by atoms with E-state index in [0.717, 1.165) is 24.6 Å². The second-order valence-corrected chi connectivity index (χ2v) is 5.57. The number of likely N-dealkylation sites (N-methyl/N-ethyl adjacent to an activating group) is 1. The van der Waals surface area contributed by atoms with Crippen LogP contribution < -0.4 is 10.6 Å². The maximum Gasteiger partial charge on any atom is 0.224 e. The molecule has 1 aromatic rings. The third-order valence-corrected chi connectivity index (χ3v) is 4.02. The van der Waals surface area contributed by atoms with Crippen LogP contribution in [0.3, 0.4) is 0 Å². The third-order valence-electron chi connectivity index (χ3n) is 4.02. The van der Waals surface area contributed by atoms with Crippen molar-refractivity contribution >= 4 is 11.8 Å². The molecule has 0 bridgehead atoms. The second-order valence-electron chi connectivity index (χ2n) is 5.57. The second kappa shape index (κ2) is 5.74. The van der Waals surface area contributed by atoms with Gasteiger partial charge in [0.1, 0.15) is 5.82 Å². The highest BCUT2D eigenvalue weighted by molar-refractivity contribution is 5.42. The third kappa shape index (κ3) is 3.15. The molecular weight excluding hydrogens is 238 g/mol. The first-order chi connectivity index (χ1) is 9.05. The first kappa shape index (κ1) is 14.1. The zero-order valence-corrected chi connectivity index (χ0v) is 12.5. The summed E-state index contributed by atoms with van der Waals surface area (Å²) in [4.78, 5) is 11.2. The number of hydrogen-bond acceptors (Lipinski definition) is 5. The van der Waals surface area contributed by atoms with Gasteiger partial charge in [0.25, 0.3) is 0 Å². The van der Waals surface area contributed by atoms with E-state index in [9.17, 15) is 0 Å². The molecule has 0 radical (unpaired) electrons. The molecule has 0 unspecified atom stereocenters. The van der Waals surface area contributed by atoms with E-state index < -0.39 is 0 Å². The van der Waals surface area contributed by atoms with Crippen LogP contribution in [-0.4, -0.2) is 47.6 Å². The van der Waals surface area contributed by atoms with Gasteiger partial charge in [0.05, 0.1) is 0 Å². The van der Waals surface area contributed by atoms with E-state index in [1.807, 2.05) is 19.9 Å². The zero-order chi connectivity index (χ0) is 13.9. The largest absolute Gasteiger partial charge is 0.368 e. The summed E-state index contributed by atoms with van der Waals surface area (Å²) in [5.41, 5.74) is 1.29. The Balaban J connectivity index is 2.02. The summed E-state index contributed by atoms with van der Waals surface area (Å²) in [7, 11) is 4.33. The molecular formula is C14H25N5. The van der Waals surface area contributed by atoms with E-state index in [4.69, 9.17) is 0 Å². The number of anilines is 2. The standard InChI is InChI=1S/C14H25N5/c1-5-15-13-17-11(2)9-12(18-13)16-10-14(19(3)4)7-6-8-14/h9H,5-8,10H2,1-4H3,(H2,15,16,17,18). The minimum Gasteiger partial charge on any atom is -0.368 e. The summed E-state index contributed by atoms with van der Waals surface area (Å²) in [5.74, 6) is 1.62. The normalized spacial score (nSPS) is 17.1. The first-order valence-corrected chi connectivity index (χ1v) is 7.06. The molecule has 0 amide bonds. The van der Waals surface area contributed by atoms with Crippen LogP contribution in [-0.2, 0) is 0 Å². The summed E-state index contributed by atoms with van der Waals surface area (Å²) in [5, 5.41) is 6.64. The van der Waals surface area contributed by atoms with Gasteiger partial charge in [-0.1, -0.05) is 0 Å². The van der Waals surface area contributed by atoms with Crippen molar-refractivity contribution in [2.45, 2.75) is 38.6 Å². The molecule has 0 aromatic carbocycles. The first-order valence-electron chi connectivity index (χ1n) is 7.06. The van der Waals surface area contributed by atoms with Crippen molar-refractivity contribution in [1.82, 2.24) is 14.9 Å². The molecule has 5 nitrogen and oxygen atoms in total. The van der Waals surface area contributed by atoms with Gasteiger partial charge in [-0.2, -0.15) is 4.98 Å². The van der Waals surface area contributed by atoms with E-state index in [0.29, 0.717) is 11.5 Å². The molecule has 0 aliphatic heterocycles. The lowest BCUT2D eigenvalue weighted by atomic mass is 9.75. The zero-order valence-electron chi connectivity index (χ0n) is 12.5. The van der Waals surface area contributed by atoms with Crippen LogP contribution in [0, 0.1) is 6.92 Å². The van der Waals surface area contributed by atoms with E-state index in [1.54, 1.807) is 0 Å². The molecule has 1 aliphatic rings. The van der Waals surface area contributed by atoms with Crippen LogP contribution in [0.5, 0.6) is 0 Å². The lowest BCUT2D eigenvalue weighted by Gasteiger charge is -2.47. The Bertz CT molecular complexity index is 426. The van der Waals surface area contributed by atoms with Crippen LogP contribution in [0.15, 0.2) is 6.07 Å². The monoisotopic (exact) mass is 263 g/mol. The fourth-order valence-corrected chi connectivity index (χ4v) is 2.52. The SMILES string of the molecule is CCNc1nc(C)cc(NCC2(N(C)C)CCC2)n1. The predicted molar refractivity (Wildman–Crippen MR) is 79.7 cm³/mol. The lowest BCUT2D eigenvalue weighted by molar-refractivity contribution is 0.0738. The molecule has 0 spiro atoms. The Morgan fingerprint density at radius 2 is 2.00 bits per heavy atom. The number of aromatic nitrogens is 2. The van der Waals surface area contributed by atoms with E-state index in [2.05, 4.69) is 39.6 Å². The molecule has 106 valence electrons. The fraction of sp³-hybridized carbons (Fsp3) is 0.714. The topological polar surface area (TPSA) is 53.1 Å². The van der Waals surface area contributed by atoms with Crippen LogP contribution in [0.2, 0.25) is 0 Å². The molecule has 2 N–H and O–H groups in total. The Hall–Kier alpha value is -1.36. The number of aryl methyl sites for hydroxylation is 1. The highest BCUT2D eigenvalue weighted by atomic mass is 15.2. The van der Waals surface area contributed by atoms with Gasteiger partial charge >= 0.3 is 0 Å². The number of hydrogen-bond donors (Lipinski definition) is 2. The Kier molecular flexibility index (Phi) is 4.24. The van der Waals surface area contributed by atoms with E-state index in [-0.39, 0.29) is 0 Å². The van der Waals surface area contributed by atoms with Crippen molar-refractivity contribution in [1.29, 1.82) is 0 Å². The highest BCUT2D eigenvalue weighted by Crippen LogP contribution is 2.36. The van der Waals surface area contributed by atoms with Gasteiger partial charge in [-0.3, -0.25) is 0 Å². The van der Waals surface area contributed by atoms with Crippen LogP contribution in [0.1, 0.15) is 31.9 Å². The van der Waals surface area contributed by atoms with E-state index >= 15 is 0 Å². The molecule has 1 aromatic heterocycles. The van der Waals surface area contributed by atoms with Crippen molar-refractivity contribution in [2.75, 3.05) is 37.8 Å². The van der Waals surface area contributed by atoms with Crippen LogP contribution in [0.4, 0.5) is 11.8 Å². The maximum absolute atomic E-state index is 4.49. The highest BCUT2D eigenvalue weighted by Gasteiger charge is 2.38. The van der Waals surface area contributed by atoms with Gasteiger partial charge in [-0.15, -0.1) is 0 Å². The number of rotatable bonds is 6. The van der Waals surface area contributed by atoms with Crippen molar-refractivity contribution in [3.8, 4) is 0 Å².